The second-order valence-corrected chi connectivity index (χ2v) is 4.99. The molecule has 0 atom stereocenters. The van der Waals surface area contributed by atoms with E-state index in [2.05, 4.69) is 35.8 Å². The molecule has 3 rings (SSSR count). The van der Waals surface area contributed by atoms with Gasteiger partial charge in [0.05, 0.1) is 11.3 Å². The largest absolute Gasteiger partial charge is 0.236 e. The summed E-state index contributed by atoms with van der Waals surface area (Å²) in [6.07, 6.45) is 3.71. The van der Waals surface area contributed by atoms with Gasteiger partial charge in [-0.25, -0.2) is 9.50 Å². The first-order chi connectivity index (χ1) is 9.72. The molecule has 1 aromatic carbocycles. The van der Waals surface area contributed by atoms with Crippen LogP contribution in [0.2, 0.25) is 0 Å². The van der Waals surface area contributed by atoms with Crippen molar-refractivity contribution in [3.63, 3.8) is 0 Å². The summed E-state index contributed by atoms with van der Waals surface area (Å²) in [5, 5.41) is 4.51. The van der Waals surface area contributed by atoms with E-state index in [-0.39, 0.29) is 0 Å². The lowest BCUT2D eigenvalue weighted by molar-refractivity contribution is 0.786. The number of rotatable bonds is 1. The van der Waals surface area contributed by atoms with Gasteiger partial charge in [0.15, 0.2) is 5.65 Å². The van der Waals surface area contributed by atoms with E-state index in [1.54, 1.807) is 10.7 Å². The van der Waals surface area contributed by atoms with Gasteiger partial charge < -0.3 is 0 Å². The summed E-state index contributed by atoms with van der Waals surface area (Å²) in [4.78, 5) is 4.39. The van der Waals surface area contributed by atoms with E-state index in [0.717, 1.165) is 22.5 Å². The average molecular weight is 261 g/mol. The van der Waals surface area contributed by atoms with Crippen LogP contribution in [0.3, 0.4) is 0 Å². The van der Waals surface area contributed by atoms with Crippen LogP contribution in [-0.4, -0.2) is 14.6 Å². The van der Waals surface area contributed by atoms with Crippen molar-refractivity contribution in [2.45, 2.75) is 19.8 Å². The van der Waals surface area contributed by atoms with Gasteiger partial charge in [0.25, 0.3) is 0 Å². The molecule has 0 fully saturated rings. The van der Waals surface area contributed by atoms with E-state index in [4.69, 9.17) is 0 Å². The summed E-state index contributed by atoms with van der Waals surface area (Å²) >= 11 is 0. The zero-order valence-corrected chi connectivity index (χ0v) is 11.5. The molecular weight excluding hydrogens is 246 g/mol. The van der Waals surface area contributed by atoms with E-state index in [1.165, 1.54) is 0 Å². The Morgan fingerprint density at radius 2 is 1.80 bits per heavy atom. The lowest BCUT2D eigenvalue weighted by atomic mass is 10.1. The van der Waals surface area contributed by atoms with Crippen LogP contribution in [-0.2, 0) is 0 Å². The fraction of sp³-hybridized carbons (Fsp3) is 0.176. The third-order valence-corrected chi connectivity index (χ3v) is 3.05. The van der Waals surface area contributed by atoms with Crippen molar-refractivity contribution in [1.29, 1.82) is 0 Å². The van der Waals surface area contributed by atoms with E-state index in [9.17, 15) is 0 Å². The van der Waals surface area contributed by atoms with Gasteiger partial charge >= 0.3 is 0 Å². The van der Waals surface area contributed by atoms with Crippen LogP contribution < -0.4 is 0 Å². The minimum absolute atomic E-state index is 0.399. The summed E-state index contributed by atoms with van der Waals surface area (Å²) in [5.74, 6) is 6.64. The van der Waals surface area contributed by atoms with E-state index >= 15 is 0 Å². The maximum absolute atomic E-state index is 4.51. The van der Waals surface area contributed by atoms with E-state index < -0.39 is 0 Å². The molecule has 0 bridgehead atoms. The maximum atomic E-state index is 4.51. The van der Waals surface area contributed by atoms with Crippen LogP contribution >= 0.6 is 0 Å². The summed E-state index contributed by atoms with van der Waals surface area (Å²) in [6, 6.07) is 11.9. The molecule has 0 aliphatic rings. The Bertz CT molecular complexity index is 789. The van der Waals surface area contributed by atoms with Crippen molar-refractivity contribution < 1.29 is 0 Å². The number of hydrogen-bond acceptors (Lipinski definition) is 2. The lowest BCUT2D eigenvalue weighted by Gasteiger charge is -1.95. The fourth-order valence-corrected chi connectivity index (χ4v) is 1.91. The van der Waals surface area contributed by atoms with Gasteiger partial charge in [0.2, 0.25) is 0 Å². The highest BCUT2D eigenvalue weighted by molar-refractivity contribution is 5.45. The monoisotopic (exact) mass is 261 g/mol. The predicted molar refractivity (Wildman–Crippen MR) is 79.5 cm³/mol. The highest BCUT2D eigenvalue weighted by atomic mass is 15.2. The molecule has 0 saturated heterocycles. The number of aromatic nitrogens is 3. The quantitative estimate of drug-likeness (QED) is 0.629. The first kappa shape index (κ1) is 12.4. The molecule has 0 unspecified atom stereocenters. The molecule has 0 saturated carbocycles. The Kier molecular flexibility index (Phi) is 3.22. The standard InChI is InChI=1S/C17H15N3/c1-13(2)16-10-17-18-11-15(12-20(17)19-16)9-8-14-6-4-3-5-7-14/h3-7,10-13H,1-2H3. The Hall–Kier alpha value is -2.60. The molecule has 0 N–H and O–H groups in total. The normalized spacial score (nSPS) is 10.6. The maximum Gasteiger partial charge on any atom is 0.155 e. The number of benzene rings is 1. The fourth-order valence-electron chi connectivity index (χ4n) is 1.91. The molecule has 3 heteroatoms. The number of hydrogen-bond donors (Lipinski definition) is 0. The number of nitrogens with zero attached hydrogens (tertiary/aromatic N) is 3. The SMILES string of the molecule is CC(C)c1cc2ncc(C#Cc3ccccc3)cn2n1. The first-order valence-corrected chi connectivity index (χ1v) is 6.65. The van der Waals surface area contributed by atoms with Crippen molar-refractivity contribution in [1.82, 2.24) is 14.6 Å². The van der Waals surface area contributed by atoms with Gasteiger partial charge in [0.1, 0.15) is 0 Å². The summed E-state index contributed by atoms with van der Waals surface area (Å²) in [7, 11) is 0. The molecule has 0 amide bonds. The third kappa shape index (κ3) is 2.55. The highest BCUT2D eigenvalue weighted by Crippen LogP contribution is 2.14. The minimum Gasteiger partial charge on any atom is -0.236 e. The van der Waals surface area contributed by atoms with Crippen LogP contribution in [0.5, 0.6) is 0 Å². The van der Waals surface area contributed by atoms with Crippen LogP contribution in [0.25, 0.3) is 5.65 Å². The van der Waals surface area contributed by atoms with Crippen molar-refractivity contribution in [3.05, 3.63) is 65.6 Å². The van der Waals surface area contributed by atoms with Crippen LogP contribution in [0.1, 0.15) is 36.6 Å². The summed E-state index contributed by atoms with van der Waals surface area (Å²) < 4.78 is 1.80. The second-order valence-electron chi connectivity index (χ2n) is 4.99. The van der Waals surface area contributed by atoms with Gasteiger partial charge in [-0.1, -0.05) is 43.9 Å². The molecule has 0 spiro atoms. The molecule has 2 aromatic heterocycles. The zero-order chi connectivity index (χ0) is 13.9. The zero-order valence-electron chi connectivity index (χ0n) is 11.5. The topological polar surface area (TPSA) is 30.2 Å². The van der Waals surface area contributed by atoms with Crippen LogP contribution in [0, 0.1) is 11.8 Å². The molecule has 0 aliphatic carbocycles. The predicted octanol–water partition coefficient (Wildman–Crippen LogP) is 3.25. The summed E-state index contributed by atoms with van der Waals surface area (Å²) in [5.41, 5.74) is 3.76. The lowest BCUT2D eigenvalue weighted by Crippen LogP contribution is -1.93. The average Bonchev–Trinajstić information content (AvgIpc) is 2.89. The van der Waals surface area contributed by atoms with E-state index in [0.29, 0.717) is 5.92 Å². The Morgan fingerprint density at radius 3 is 2.55 bits per heavy atom. The minimum atomic E-state index is 0.399. The van der Waals surface area contributed by atoms with Gasteiger partial charge in [-0.05, 0) is 18.1 Å². The molecule has 3 nitrogen and oxygen atoms in total. The first-order valence-electron chi connectivity index (χ1n) is 6.65. The molecule has 0 aliphatic heterocycles. The van der Waals surface area contributed by atoms with Gasteiger partial charge in [-0.2, -0.15) is 5.10 Å². The van der Waals surface area contributed by atoms with Crippen molar-refractivity contribution in [2.24, 2.45) is 0 Å². The number of fused-ring (bicyclic) bond motifs is 1. The summed E-state index contributed by atoms with van der Waals surface area (Å²) in [6.45, 7) is 4.25. The third-order valence-electron chi connectivity index (χ3n) is 3.05. The van der Waals surface area contributed by atoms with Gasteiger partial charge in [-0.3, -0.25) is 0 Å². The van der Waals surface area contributed by atoms with Crippen molar-refractivity contribution >= 4 is 5.65 Å². The highest BCUT2D eigenvalue weighted by Gasteiger charge is 2.06. The second kappa shape index (κ2) is 5.18. The molecular formula is C17H15N3. The molecule has 3 aromatic rings. The van der Waals surface area contributed by atoms with E-state index in [1.807, 2.05) is 42.6 Å². The Balaban J connectivity index is 1.95. The van der Waals surface area contributed by atoms with Gasteiger partial charge in [0, 0.05) is 24.0 Å². The molecule has 20 heavy (non-hydrogen) atoms. The smallest absolute Gasteiger partial charge is 0.155 e. The van der Waals surface area contributed by atoms with Crippen molar-refractivity contribution in [2.75, 3.05) is 0 Å². The van der Waals surface area contributed by atoms with Crippen LogP contribution in [0.15, 0.2) is 48.8 Å². The van der Waals surface area contributed by atoms with Gasteiger partial charge in [-0.15, -0.1) is 0 Å². The van der Waals surface area contributed by atoms with Crippen molar-refractivity contribution in [3.8, 4) is 11.8 Å². The van der Waals surface area contributed by atoms with Crippen LogP contribution in [0.4, 0.5) is 0 Å². The Morgan fingerprint density at radius 1 is 1.05 bits per heavy atom. The molecule has 98 valence electrons. The molecule has 0 radical (unpaired) electrons. The Labute approximate surface area is 118 Å². The molecule has 2 heterocycles.